The molecule has 1 unspecified atom stereocenters. The number of nitrogens with zero attached hydrogens (tertiary/aromatic N) is 4. The van der Waals surface area contributed by atoms with Crippen molar-refractivity contribution >= 4 is 34.8 Å². The zero-order chi connectivity index (χ0) is 20.4. The summed E-state index contributed by atoms with van der Waals surface area (Å²) in [4.78, 5) is 33.5. The summed E-state index contributed by atoms with van der Waals surface area (Å²) in [5.74, 6) is 0.216. The number of aryl methyl sites for hydroxylation is 1. The number of hydrogen-bond donors (Lipinski definition) is 2. The van der Waals surface area contributed by atoms with Gasteiger partial charge in [0.05, 0.1) is 30.0 Å². The smallest absolute Gasteiger partial charge is 0.338 e. The predicted octanol–water partition coefficient (Wildman–Crippen LogP) is 1.92. The summed E-state index contributed by atoms with van der Waals surface area (Å²) in [5, 5.41) is 11.1. The van der Waals surface area contributed by atoms with E-state index in [1.54, 1.807) is 37.0 Å². The third-order valence-electron chi connectivity index (χ3n) is 4.32. The van der Waals surface area contributed by atoms with Crippen molar-refractivity contribution in [2.24, 2.45) is 7.05 Å². The van der Waals surface area contributed by atoms with Gasteiger partial charge in [0.2, 0.25) is 0 Å². The molecule has 3 aromatic rings. The lowest BCUT2D eigenvalue weighted by atomic mass is 10.0. The highest BCUT2D eigenvalue weighted by Crippen LogP contribution is 2.32. The van der Waals surface area contributed by atoms with Crippen LogP contribution in [0.25, 0.3) is 11.0 Å². The highest BCUT2D eigenvalue weighted by Gasteiger charge is 2.35. The molecule has 29 heavy (non-hydrogen) atoms. The van der Waals surface area contributed by atoms with Crippen LogP contribution >= 0.6 is 11.8 Å². The quantitative estimate of drug-likeness (QED) is 0.356. The van der Waals surface area contributed by atoms with Gasteiger partial charge in [-0.15, -0.1) is 0 Å². The number of furan rings is 1. The maximum absolute atomic E-state index is 12.7. The number of nitrogens with one attached hydrogen (secondary N) is 2. The molecule has 0 bridgehead atoms. The summed E-state index contributed by atoms with van der Waals surface area (Å²) in [7, 11) is 1.80. The number of aromatic nitrogens is 4. The molecule has 0 spiro atoms. The molecule has 4 rings (SSSR count). The number of ether oxygens (including phenoxy) is 1. The van der Waals surface area contributed by atoms with Crippen molar-refractivity contribution in [3.63, 3.8) is 0 Å². The van der Waals surface area contributed by atoms with E-state index < -0.39 is 18.0 Å². The van der Waals surface area contributed by atoms with Gasteiger partial charge >= 0.3 is 12.0 Å². The molecule has 10 nitrogen and oxygen atoms in total. The highest BCUT2D eigenvalue weighted by atomic mass is 32.2. The number of rotatable bonds is 6. The van der Waals surface area contributed by atoms with E-state index in [9.17, 15) is 9.59 Å². The Kier molecular flexibility index (Phi) is 5.21. The first-order chi connectivity index (χ1) is 14.1. The van der Waals surface area contributed by atoms with Gasteiger partial charge in [0, 0.05) is 18.5 Å². The van der Waals surface area contributed by atoms with Gasteiger partial charge in [0.1, 0.15) is 23.2 Å². The molecule has 11 heteroatoms. The molecule has 0 aliphatic carbocycles. The molecular weight excluding hydrogens is 396 g/mol. The summed E-state index contributed by atoms with van der Waals surface area (Å²) < 4.78 is 12.3. The van der Waals surface area contributed by atoms with E-state index in [0.717, 1.165) is 5.39 Å². The SMILES string of the molecule is CCOC(=O)C1=C(CSc2ncnc3c2cnn3C)NC(=O)NC1c1ccco1. The van der Waals surface area contributed by atoms with Crippen LogP contribution in [0.1, 0.15) is 18.7 Å². The van der Waals surface area contributed by atoms with Gasteiger partial charge < -0.3 is 19.8 Å². The van der Waals surface area contributed by atoms with E-state index in [0.29, 0.717) is 33.5 Å². The van der Waals surface area contributed by atoms with E-state index in [2.05, 4.69) is 25.7 Å². The monoisotopic (exact) mass is 414 g/mol. The molecule has 3 aromatic heterocycles. The van der Waals surface area contributed by atoms with Crippen molar-refractivity contribution in [1.82, 2.24) is 30.4 Å². The summed E-state index contributed by atoms with van der Waals surface area (Å²) in [6, 6.07) is 2.23. The van der Waals surface area contributed by atoms with Crippen LogP contribution in [0.15, 0.2) is 51.6 Å². The topological polar surface area (TPSA) is 124 Å². The average Bonchev–Trinajstić information content (AvgIpc) is 3.37. The van der Waals surface area contributed by atoms with Crippen LogP contribution < -0.4 is 10.6 Å². The molecule has 1 atom stereocenters. The van der Waals surface area contributed by atoms with Gasteiger partial charge in [0.15, 0.2) is 5.65 Å². The van der Waals surface area contributed by atoms with Crippen LogP contribution in [0, 0.1) is 0 Å². The third-order valence-corrected chi connectivity index (χ3v) is 5.35. The van der Waals surface area contributed by atoms with Crippen LogP contribution in [0.4, 0.5) is 4.79 Å². The van der Waals surface area contributed by atoms with Crippen molar-refractivity contribution in [2.45, 2.75) is 18.0 Å². The molecule has 0 saturated carbocycles. The zero-order valence-corrected chi connectivity index (χ0v) is 16.5. The van der Waals surface area contributed by atoms with Crippen LogP contribution in [0.2, 0.25) is 0 Å². The van der Waals surface area contributed by atoms with Gasteiger partial charge in [-0.2, -0.15) is 5.10 Å². The average molecular weight is 414 g/mol. The molecule has 0 saturated heterocycles. The Labute approximate surface area is 169 Å². The molecular formula is C18H18N6O4S. The largest absolute Gasteiger partial charge is 0.467 e. The van der Waals surface area contributed by atoms with Crippen molar-refractivity contribution in [2.75, 3.05) is 12.4 Å². The summed E-state index contributed by atoms with van der Waals surface area (Å²) in [5.41, 5.74) is 1.43. The highest BCUT2D eigenvalue weighted by molar-refractivity contribution is 7.99. The second-order valence-electron chi connectivity index (χ2n) is 6.13. The molecule has 1 aliphatic heterocycles. The molecule has 150 valence electrons. The summed E-state index contributed by atoms with van der Waals surface area (Å²) in [6.07, 6.45) is 4.63. The van der Waals surface area contributed by atoms with Gasteiger partial charge in [-0.05, 0) is 19.1 Å². The molecule has 4 heterocycles. The molecule has 0 aromatic carbocycles. The van der Waals surface area contributed by atoms with E-state index in [1.165, 1.54) is 24.4 Å². The minimum atomic E-state index is -0.739. The third kappa shape index (κ3) is 3.68. The first-order valence-corrected chi connectivity index (χ1v) is 9.83. The molecule has 2 N–H and O–H groups in total. The number of carbonyl (C=O) groups excluding carboxylic acids is 2. The van der Waals surface area contributed by atoms with Crippen LogP contribution in [-0.2, 0) is 16.6 Å². The van der Waals surface area contributed by atoms with E-state index in [-0.39, 0.29) is 6.61 Å². The Morgan fingerprint density at radius 2 is 2.28 bits per heavy atom. The number of fused-ring (bicyclic) bond motifs is 1. The minimum Gasteiger partial charge on any atom is -0.467 e. The Morgan fingerprint density at radius 3 is 3.03 bits per heavy atom. The van der Waals surface area contributed by atoms with Gasteiger partial charge in [-0.1, -0.05) is 11.8 Å². The lowest BCUT2D eigenvalue weighted by molar-refractivity contribution is -0.139. The Bertz CT molecular complexity index is 1090. The fourth-order valence-electron chi connectivity index (χ4n) is 3.05. The molecule has 1 aliphatic rings. The Balaban J connectivity index is 1.69. The first-order valence-electron chi connectivity index (χ1n) is 8.85. The van der Waals surface area contributed by atoms with Crippen LogP contribution in [0.3, 0.4) is 0 Å². The van der Waals surface area contributed by atoms with Gasteiger partial charge in [0.25, 0.3) is 0 Å². The number of carbonyl (C=O) groups is 2. The lowest BCUT2D eigenvalue weighted by Crippen LogP contribution is -2.46. The molecule has 2 amide bonds. The molecule has 0 fully saturated rings. The first kappa shape index (κ1) is 19.0. The van der Waals surface area contributed by atoms with Crippen molar-refractivity contribution < 1.29 is 18.7 Å². The van der Waals surface area contributed by atoms with E-state index in [1.807, 2.05) is 0 Å². The number of esters is 1. The Hall–Kier alpha value is -3.34. The predicted molar refractivity (Wildman–Crippen MR) is 104 cm³/mol. The van der Waals surface area contributed by atoms with Crippen molar-refractivity contribution in [3.05, 3.63) is 48.0 Å². The minimum absolute atomic E-state index is 0.212. The second-order valence-corrected chi connectivity index (χ2v) is 7.10. The maximum atomic E-state index is 12.7. The van der Waals surface area contributed by atoms with Crippen molar-refractivity contribution in [3.8, 4) is 0 Å². The summed E-state index contributed by atoms with van der Waals surface area (Å²) in [6.45, 7) is 1.94. The number of amides is 2. The zero-order valence-electron chi connectivity index (χ0n) is 15.7. The normalized spacial score (nSPS) is 16.6. The number of thioether (sulfide) groups is 1. The van der Waals surface area contributed by atoms with Crippen molar-refractivity contribution in [1.29, 1.82) is 0 Å². The molecule has 0 radical (unpaired) electrons. The number of urea groups is 1. The number of hydrogen-bond acceptors (Lipinski definition) is 8. The van der Waals surface area contributed by atoms with Gasteiger partial charge in [-0.25, -0.2) is 19.6 Å². The van der Waals surface area contributed by atoms with E-state index >= 15 is 0 Å². The fraction of sp³-hybridized carbons (Fsp3) is 0.278. The maximum Gasteiger partial charge on any atom is 0.338 e. The standard InChI is InChI=1S/C18H18N6O4S/c1-3-27-17(25)13-11(22-18(26)23-14(13)12-5-4-6-28-12)8-29-16-10-7-21-24(2)15(10)19-9-20-16/h4-7,9,14H,3,8H2,1-2H3,(H2,22,23,26). The summed E-state index contributed by atoms with van der Waals surface area (Å²) >= 11 is 1.37. The second kappa shape index (κ2) is 7.95. The van der Waals surface area contributed by atoms with Gasteiger partial charge in [-0.3, -0.25) is 4.68 Å². The van der Waals surface area contributed by atoms with E-state index in [4.69, 9.17) is 9.15 Å². The fourth-order valence-corrected chi connectivity index (χ4v) is 3.98. The van der Waals surface area contributed by atoms with Crippen LogP contribution in [0.5, 0.6) is 0 Å². The lowest BCUT2D eigenvalue weighted by Gasteiger charge is -2.27. The Morgan fingerprint density at radius 1 is 1.41 bits per heavy atom. The van der Waals surface area contributed by atoms with Crippen LogP contribution in [-0.4, -0.2) is 44.1 Å².